The fraction of sp³-hybridized carbons (Fsp3) is 0.294. The Labute approximate surface area is 150 Å². The quantitative estimate of drug-likeness (QED) is 0.419. The molecule has 3 rings (SSSR count). The van der Waals surface area contributed by atoms with Gasteiger partial charge in [-0.3, -0.25) is 0 Å². The average Bonchev–Trinajstić information content (AvgIpc) is 3.08. The van der Waals surface area contributed by atoms with Crippen molar-refractivity contribution in [3.8, 4) is 11.3 Å². The van der Waals surface area contributed by atoms with Gasteiger partial charge in [0.25, 0.3) is 0 Å². The number of hydrogen-bond donors (Lipinski definition) is 0. The van der Waals surface area contributed by atoms with Gasteiger partial charge in [0.1, 0.15) is 22.9 Å². The standard InChI is InChI=1S/C17H15Br2NO3/c1-9(20-21)3-5-15-16(14-6-4-10(2)22-14)12-7-11(18)8-13(19)17(12)23-15/h4,6-9H,3,5H2,1-2H3. The van der Waals surface area contributed by atoms with Gasteiger partial charge in [0.15, 0.2) is 0 Å². The Morgan fingerprint density at radius 1 is 1.22 bits per heavy atom. The lowest BCUT2D eigenvalue weighted by molar-refractivity contribution is 0.513. The van der Waals surface area contributed by atoms with Crippen LogP contribution in [0.15, 0.2) is 47.2 Å². The van der Waals surface area contributed by atoms with Crippen LogP contribution in [0.25, 0.3) is 22.3 Å². The largest absolute Gasteiger partial charge is 0.461 e. The molecule has 23 heavy (non-hydrogen) atoms. The number of nitroso groups, excluding NO2 is 1. The number of rotatable bonds is 5. The van der Waals surface area contributed by atoms with Crippen LogP contribution < -0.4 is 0 Å². The molecule has 2 heterocycles. The number of benzene rings is 1. The normalized spacial score (nSPS) is 12.7. The molecule has 1 atom stereocenters. The van der Waals surface area contributed by atoms with Gasteiger partial charge in [0.2, 0.25) is 0 Å². The van der Waals surface area contributed by atoms with Crippen LogP contribution in [-0.4, -0.2) is 6.04 Å². The lowest BCUT2D eigenvalue weighted by Gasteiger charge is -2.02. The molecule has 4 nitrogen and oxygen atoms in total. The van der Waals surface area contributed by atoms with E-state index in [4.69, 9.17) is 8.83 Å². The van der Waals surface area contributed by atoms with Crippen LogP contribution in [0.2, 0.25) is 0 Å². The van der Waals surface area contributed by atoms with Crippen LogP contribution in [0.5, 0.6) is 0 Å². The van der Waals surface area contributed by atoms with Crippen LogP contribution in [0, 0.1) is 11.8 Å². The van der Waals surface area contributed by atoms with Crippen molar-refractivity contribution in [3.05, 3.63) is 49.6 Å². The van der Waals surface area contributed by atoms with Crippen LogP contribution in [-0.2, 0) is 6.42 Å². The molecule has 0 amide bonds. The van der Waals surface area contributed by atoms with Crippen LogP contribution in [0.3, 0.4) is 0 Å². The van der Waals surface area contributed by atoms with Crippen LogP contribution in [0.1, 0.15) is 24.9 Å². The highest BCUT2D eigenvalue weighted by molar-refractivity contribution is 9.11. The SMILES string of the molecule is Cc1ccc(-c2c(CCC(C)N=O)oc3c(Br)cc(Br)cc23)o1. The molecule has 6 heteroatoms. The molecule has 1 unspecified atom stereocenters. The minimum Gasteiger partial charge on any atom is -0.461 e. The zero-order chi connectivity index (χ0) is 16.6. The van der Waals surface area contributed by atoms with Gasteiger partial charge >= 0.3 is 0 Å². The predicted octanol–water partition coefficient (Wildman–Crippen LogP) is 6.61. The molecular formula is C17H15Br2NO3. The van der Waals surface area contributed by atoms with Gasteiger partial charge in [-0.15, -0.1) is 0 Å². The molecule has 2 aromatic heterocycles. The van der Waals surface area contributed by atoms with Gasteiger partial charge in [-0.05, 0) is 60.5 Å². The van der Waals surface area contributed by atoms with Crippen LogP contribution in [0.4, 0.5) is 0 Å². The smallest absolute Gasteiger partial charge is 0.149 e. The molecule has 0 fully saturated rings. The third-order valence-corrected chi connectivity index (χ3v) is 4.78. The number of nitrogens with zero attached hydrogens (tertiary/aromatic N) is 1. The fourth-order valence-corrected chi connectivity index (χ4v) is 3.89. The van der Waals surface area contributed by atoms with Gasteiger partial charge in [0.05, 0.1) is 16.1 Å². The van der Waals surface area contributed by atoms with Crippen molar-refractivity contribution in [3.63, 3.8) is 0 Å². The van der Waals surface area contributed by atoms with Crippen molar-refractivity contribution in [2.45, 2.75) is 32.7 Å². The molecule has 0 aliphatic carbocycles. The maximum absolute atomic E-state index is 10.6. The highest BCUT2D eigenvalue weighted by Gasteiger charge is 2.21. The summed E-state index contributed by atoms with van der Waals surface area (Å²) in [6, 6.07) is 7.59. The fourth-order valence-electron chi connectivity index (χ4n) is 2.58. The van der Waals surface area contributed by atoms with Gasteiger partial charge in [-0.1, -0.05) is 21.1 Å². The van der Waals surface area contributed by atoms with Gasteiger partial charge in [-0.2, -0.15) is 4.91 Å². The summed E-state index contributed by atoms with van der Waals surface area (Å²) >= 11 is 7.06. The van der Waals surface area contributed by atoms with E-state index in [1.807, 2.05) is 31.2 Å². The Balaban J connectivity index is 2.17. The first-order valence-electron chi connectivity index (χ1n) is 7.29. The zero-order valence-electron chi connectivity index (χ0n) is 12.7. The molecule has 1 aromatic carbocycles. The number of fused-ring (bicyclic) bond motifs is 1. The van der Waals surface area contributed by atoms with Crippen LogP contribution >= 0.6 is 31.9 Å². The van der Waals surface area contributed by atoms with Crippen molar-refractivity contribution in [2.24, 2.45) is 5.18 Å². The summed E-state index contributed by atoms with van der Waals surface area (Å²) in [5, 5.41) is 4.04. The Morgan fingerprint density at radius 2 is 2.00 bits per heavy atom. The lowest BCUT2D eigenvalue weighted by Crippen LogP contribution is -1.99. The number of halogens is 2. The number of furan rings is 2. The Bertz CT molecular complexity index is 866. The Hall–Kier alpha value is -1.40. The van der Waals surface area contributed by atoms with E-state index < -0.39 is 0 Å². The summed E-state index contributed by atoms with van der Waals surface area (Å²) < 4.78 is 13.7. The molecule has 120 valence electrons. The summed E-state index contributed by atoms with van der Waals surface area (Å²) in [7, 11) is 0. The molecule has 0 spiro atoms. The van der Waals surface area contributed by atoms with Crippen molar-refractivity contribution in [2.75, 3.05) is 0 Å². The minimum atomic E-state index is -0.246. The molecule has 3 aromatic rings. The molecule has 0 radical (unpaired) electrons. The Kier molecular flexibility index (Phi) is 4.73. The van der Waals surface area contributed by atoms with Crippen molar-refractivity contribution < 1.29 is 8.83 Å². The van der Waals surface area contributed by atoms with Gasteiger partial charge in [-0.25, -0.2) is 0 Å². The summed E-state index contributed by atoms with van der Waals surface area (Å²) in [6.45, 7) is 3.72. The monoisotopic (exact) mass is 439 g/mol. The topological polar surface area (TPSA) is 55.7 Å². The van der Waals surface area contributed by atoms with E-state index in [0.717, 1.165) is 42.8 Å². The number of aryl methyl sites for hydroxylation is 2. The zero-order valence-corrected chi connectivity index (χ0v) is 15.9. The summed E-state index contributed by atoms with van der Waals surface area (Å²) in [6.07, 6.45) is 1.26. The summed E-state index contributed by atoms with van der Waals surface area (Å²) in [4.78, 5) is 10.6. The first-order chi connectivity index (χ1) is 11.0. The highest BCUT2D eigenvalue weighted by atomic mass is 79.9. The first-order valence-corrected chi connectivity index (χ1v) is 8.88. The van der Waals surface area contributed by atoms with Gasteiger partial charge < -0.3 is 8.83 Å². The molecular weight excluding hydrogens is 426 g/mol. The molecule has 0 bridgehead atoms. The summed E-state index contributed by atoms with van der Waals surface area (Å²) in [5.41, 5.74) is 1.71. The maximum atomic E-state index is 10.6. The first kappa shape index (κ1) is 16.5. The maximum Gasteiger partial charge on any atom is 0.149 e. The molecule has 0 N–H and O–H groups in total. The number of hydrogen-bond acceptors (Lipinski definition) is 4. The van der Waals surface area contributed by atoms with E-state index in [0.29, 0.717) is 12.8 Å². The molecule has 0 aliphatic heterocycles. The predicted molar refractivity (Wildman–Crippen MR) is 97.6 cm³/mol. The third kappa shape index (κ3) is 3.28. The molecule has 0 saturated heterocycles. The highest BCUT2D eigenvalue weighted by Crippen LogP contribution is 2.41. The molecule has 0 saturated carbocycles. The second kappa shape index (κ2) is 6.61. The van der Waals surface area contributed by atoms with Crippen molar-refractivity contribution in [1.82, 2.24) is 0 Å². The summed E-state index contributed by atoms with van der Waals surface area (Å²) in [5.74, 6) is 2.42. The third-order valence-electron chi connectivity index (χ3n) is 3.74. The van der Waals surface area contributed by atoms with Crippen molar-refractivity contribution in [1.29, 1.82) is 0 Å². The minimum absolute atomic E-state index is 0.246. The van der Waals surface area contributed by atoms with Gasteiger partial charge in [0, 0.05) is 16.3 Å². The average molecular weight is 441 g/mol. The second-order valence-corrected chi connectivity index (χ2v) is 7.34. The van der Waals surface area contributed by atoms with E-state index in [1.165, 1.54) is 0 Å². The lowest BCUT2D eigenvalue weighted by atomic mass is 10.0. The van der Waals surface area contributed by atoms with E-state index in [-0.39, 0.29) is 6.04 Å². The Morgan fingerprint density at radius 3 is 2.65 bits per heavy atom. The van der Waals surface area contributed by atoms with E-state index in [1.54, 1.807) is 6.92 Å². The van der Waals surface area contributed by atoms with E-state index >= 15 is 0 Å². The van der Waals surface area contributed by atoms with E-state index in [2.05, 4.69) is 37.0 Å². The molecule has 0 aliphatic rings. The second-order valence-electron chi connectivity index (χ2n) is 5.57. The van der Waals surface area contributed by atoms with E-state index in [9.17, 15) is 4.91 Å². The van der Waals surface area contributed by atoms with Crippen molar-refractivity contribution >= 4 is 42.8 Å².